The summed E-state index contributed by atoms with van der Waals surface area (Å²) in [4.78, 5) is 32.4. The van der Waals surface area contributed by atoms with Crippen LogP contribution in [0.3, 0.4) is 0 Å². The summed E-state index contributed by atoms with van der Waals surface area (Å²) in [6.45, 7) is 0. The van der Waals surface area contributed by atoms with Gasteiger partial charge in [-0.05, 0) is 74.5 Å². The molecular formula is C23H22N4O4. The lowest BCUT2D eigenvalue weighted by Crippen LogP contribution is -2.51. The summed E-state index contributed by atoms with van der Waals surface area (Å²) in [7, 11) is 0. The first-order chi connectivity index (χ1) is 15.0. The zero-order valence-electron chi connectivity index (χ0n) is 16.9. The minimum absolute atomic E-state index is 0.0388. The molecule has 0 unspecified atom stereocenters. The minimum atomic E-state index is -0.465. The second-order valence-corrected chi connectivity index (χ2v) is 9.51. The highest BCUT2D eigenvalue weighted by atomic mass is 16.6. The van der Waals surface area contributed by atoms with Gasteiger partial charge in [-0.15, -0.1) is 0 Å². The third kappa shape index (κ3) is 3.08. The Hall–Kier alpha value is -3.29. The monoisotopic (exact) mass is 418 g/mol. The Balaban J connectivity index is 1.21. The van der Waals surface area contributed by atoms with Gasteiger partial charge >= 0.3 is 0 Å². The first kappa shape index (κ1) is 18.5. The van der Waals surface area contributed by atoms with E-state index in [0.717, 1.165) is 19.3 Å². The van der Waals surface area contributed by atoms with E-state index in [0.29, 0.717) is 40.2 Å². The maximum atomic E-state index is 13.2. The molecule has 4 bridgehead atoms. The Morgan fingerprint density at radius 2 is 1.81 bits per heavy atom. The average molecular weight is 418 g/mol. The molecule has 8 nitrogen and oxygen atoms in total. The van der Waals surface area contributed by atoms with Crippen LogP contribution in [0.4, 0.5) is 11.4 Å². The molecule has 3 aromatic rings. The Kier molecular flexibility index (Phi) is 3.94. The van der Waals surface area contributed by atoms with Gasteiger partial charge in [-0.1, -0.05) is 0 Å². The molecule has 4 fully saturated rings. The number of nitrogens with one attached hydrogen (secondary N) is 1. The second kappa shape index (κ2) is 6.60. The molecule has 0 saturated heterocycles. The highest BCUT2D eigenvalue weighted by molar-refractivity contribution is 5.95. The number of carbonyl (C=O) groups excluding carboxylic acids is 1. The average Bonchev–Trinajstić information content (AvgIpc) is 3.16. The summed E-state index contributed by atoms with van der Waals surface area (Å²) < 4.78 is 5.69. The maximum Gasteiger partial charge on any atom is 0.271 e. The van der Waals surface area contributed by atoms with Crippen molar-refractivity contribution in [1.29, 1.82) is 0 Å². The third-order valence-corrected chi connectivity index (χ3v) is 7.34. The fourth-order valence-corrected chi connectivity index (χ4v) is 6.39. The van der Waals surface area contributed by atoms with Gasteiger partial charge in [0.25, 0.3) is 5.69 Å². The number of anilines is 1. The van der Waals surface area contributed by atoms with Crippen LogP contribution in [0.5, 0.6) is 0 Å². The lowest BCUT2D eigenvalue weighted by atomic mass is 9.49. The number of hydrogen-bond acceptors (Lipinski definition) is 6. The normalized spacial score (nSPS) is 28.7. The molecule has 0 atom stereocenters. The van der Waals surface area contributed by atoms with Crippen molar-refractivity contribution in [1.82, 2.24) is 9.97 Å². The predicted molar refractivity (Wildman–Crippen MR) is 113 cm³/mol. The number of non-ortho nitro benzene ring substituents is 1. The number of nitro groups is 1. The molecule has 31 heavy (non-hydrogen) atoms. The standard InChI is InChI=1S/C23H22N4O4/c28-22(23-9-13-5-14(10-23)7-15(6-13)11-23)25-16-1-3-18(24-12-16)21-26-19-8-17(27(29)30)2-4-20(19)31-21/h1-4,8,12-15H,5-7,9-11H2,(H,25,28). The fraction of sp³-hybridized carbons (Fsp3) is 0.435. The number of pyridine rings is 1. The molecule has 0 aliphatic heterocycles. The number of fused-ring (bicyclic) bond motifs is 1. The second-order valence-electron chi connectivity index (χ2n) is 9.51. The van der Waals surface area contributed by atoms with Crippen LogP contribution in [0.15, 0.2) is 40.9 Å². The van der Waals surface area contributed by atoms with Crippen molar-refractivity contribution >= 4 is 28.4 Å². The van der Waals surface area contributed by atoms with E-state index in [-0.39, 0.29) is 22.9 Å². The summed E-state index contributed by atoms with van der Waals surface area (Å²) in [6.07, 6.45) is 8.58. The Bertz CT molecular complexity index is 1160. The highest BCUT2D eigenvalue weighted by Crippen LogP contribution is 2.60. The molecule has 158 valence electrons. The van der Waals surface area contributed by atoms with Crippen LogP contribution in [-0.2, 0) is 4.79 Å². The summed E-state index contributed by atoms with van der Waals surface area (Å²) in [5.41, 5.74) is 1.79. The first-order valence-electron chi connectivity index (χ1n) is 10.8. The van der Waals surface area contributed by atoms with E-state index in [1.807, 2.05) is 0 Å². The Labute approximate surface area is 178 Å². The fourth-order valence-electron chi connectivity index (χ4n) is 6.39. The summed E-state index contributed by atoms with van der Waals surface area (Å²) in [5, 5.41) is 14.0. The number of hydrogen-bond donors (Lipinski definition) is 1. The number of amides is 1. The smallest absolute Gasteiger partial charge is 0.271 e. The molecule has 0 radical (unpaired) electrons. The molecule has 4 aliphatic carbocycles. The number of rotatable bonds is 4. The van der Waals surface area contributed by atoms with Crippen LogP contribution in [0.2, 0.25) is 0 Å². The van der Waals surface area contributed by atoms with Crippen molar-refractivity contribution in [2.45, 2.75) is 38.5 Å². The number of oxazole rings is 1. The number of aromatic nitrogens is 2. The van der Waals surface area contributed by atoms with Gasteiger partial charge in [-0.25, -0.2) is 9.97 Å². The van der Waals surface area contributed by atoms with Crippen LogP contribution < -0.4 is 5.32 Å². The maximum absolute atomic E-state index is 13.2. The number of nitrogens with zero attached hydrogens (tertiary/aromatic N) is 3. The van der Waals surface area contributed by atoms with Crippen LogP contribution in [0, 0.1) is 33.3 Å². The van der Waals surface area contributed by atoms with Crippen molar-refractivity contribution in [3.05, 3.63) is 46.6 Å². The van der Waals surface area contributed by atoms with Crippen LogP contribution in [0.1, 0.15) is 38.5 Å². The SMILES string of the molecule is O=C(Nc1ccc(-c2nc3cc([N+](=O)[O-])ccc3o2)nc1)C12CC3CC(CC(C3)C1)C2. The van der Waals surface area contributed by atoms with Crippen LogP contribution >= 0.6 is 0 Å². The van der Waals surface area contributed by atoms with E-state index in [4.69, 9.17) is 4.42 Å². The van der Waals surface area contributed by atoms with Crippen molar-refractivity contribution < 1.29 is 14.1 Å². The van der Waals surface area contributed by atoms with Gasteiger partial charge in [0.05, 0.1) is 22.2 Å². The van der Waals surface area contributed by atoms with Gasteiger partial charge in [0.2, 0.25) is 11.8 Å². The number of carbonyl (C=O) groups is 1. The quantitative estimate of drug-likeness (QED) is 0.474. The molecule has 4 aliphatic rings. The summed E-state index contributed by atoms with van der Waals surface area (Å²) >= 11 is 0. The minimum Gasteiger partial charge on any atom is -0.435 e. The van der Waals surface area contributed by atoms with E-state index in [2.05, 4.69) is 15.3 Å². The van der Waals surface area contributed by atoms with E-state index in [1.54, 1.807) is 18.3 Å². The van der Waals surface area contributed by atoms with Crippen molar-refractivity contribution in [2.24, 2.45) is 23.2 Å². The molecule has 1 amide bonds. The van der Waals surface area contributed by atoms with Crippen molar-refractivity contribution in [3.63, 3.8) is 0 Å². The lowest BCUT2D eigenvalue weighted by Gasteiger charge is -2.55. The third-order valence-electron chi connectivity index (χ3n) is 7.34. The molecule has 8 heteroatoms. The van der Waals surface area contributed by atoms with Crippen molar-refractivity contribution in [2.75, 3.05) is 5.32 Å². The van der Waals surface area contributed by atoms with Gasteiger partial charge in [-0.3, -0.25) is 14.9 Å². The van der Waals surface area contributed by atoms with Gasteiger partial charge in [0, 0.05) is 12.1 Å². The van der Waals surface area contributed by atoms with E-state index in [9.17, 15) is 14.9 Å². The van der Waals surface area contributed by atoms with Gasteiger partial charge in [-0.2, -0.15) is 0 Å². The first-order valence-corrected chi connectivity index (χ1v) is 10.8. The zero-order valence-corrected chi connectivity index (χ0v) is 16.9. The molecule has 2 heterocycles. The molecule has 7 rings (SSSR count). The predicted octanol–water partition coefficient (Wildman–Crippen LogP) is 4.95. The van der Waals surface area contributed by atoms with E-state index < -0.39 is 4.92 Å². The van der Waals surface area contributed by atoms with Gasteiger partial charge in [0.1, 0.15) is 11.2 Å². The van der Waals surface area contributed by atoms with Gasteiger partial charge < -0.3 is 9.73 Å². The molecule has 0 spiro atoms. The molecule has 4 saturated carbocycles. The highest BCUT2D eigenvalue weighted by Gasteiger charge is 2.54. The van der Waals surface area contributed by atoms with E-state index in [1.165, 1.54) is 37.5 Å². The Morgan fingerprint density at radius 3 is 2.42 bits per heavy atom. The number of benzene rings is 1. The molecular weight excluding hydrogens is 396 g/mol. The van der Waals surface area contributed by atoms with Crippen LogP contribution in [-0.4, -0.2) is 20.8 Å². The van der Waals surface area contributed by atoms with Crippen LogP contribution in [0.25, 0.3) is 22.7 Å². The lowest BCUT2D eigenvalue weighted by molar-refractivity contribution is -0.384. The summed E-state index contributed by atoms with van der Waals surface area (Å²) in [5.74, 6) is 2.57. The molecule has 1 aromatic carbocycles. The van der Waals surface area contributed by atoms with Gasteiger partial charge in [0.15, 0.2) is 5.58 Å². The number of nitro benzene ring substituents is 1. The molecule has 1 N–H and O–H groups in total. The zero-order chi connectivity index (χ0) is 21.2. The molecule has 2 aromatic heterocycles. The van der Waals surface area contributed by atoms with E-state index >= 15 is 0 Å². The summed E-state index contributed by atoms with van der Waals surface area (Å²) in [6, 6.07) is 7.84. The van der Waals surface area contributed by atoms with Crippen molar-refractivity contribution in [3.8, 4) is 11.6 Å². The Morgan fingerprint density at radius 1 is 1.10 bits per heavy atom. The topological polar surface area (TPSA) is 111 Å². The largest absolute Gasteiger partial charge is 0.435 e.